The summed E-state index contributed by atoms with van der Waals surface area (Å²) in [6.45, 7) is 5.85. The van der Waals surface area contributed by atoms with Crippen LogP contribution in [0.5, 0.6) is 0 Å². The van der Waals surface area contributed by atoms with E-state index in [0.717, 1.165) is 50.7 Å². The number of β-amino-alcohol motifs (C(OH)–C–C–N with tert-alkyl or cyclic N) is 1. The lowest BCUT2D eigenvalue weighted by Gasteiger charge is -2.59. The predicted molar refractivity (Wildman–Crippen MR) is 139 cm³/mol. The van der Waals surface area contributed by atoms with E-state index < -0.39 is 29.6 Å². The van der Waals surface area contributed by atoms with Crippen molar-refractivity contribution in [1.82, 2.24) is 4.90 Å². The van der Waals surface area contributed by atoms with Gasteiger partial charge in [0.2, 0.25) is 0 Å². The molecule has 1 heterocycles. The van der Waals surface area contributed by atoms with Crippen LogP contribution in [0, 0.1) is 28.6 Å². The number of nitrogens with zero attached hydrogens (tertiary/aromatic N) is 2. The van der Waals surface area contributed by atoms with E-state index >= 15 is 0 Å². The van der Waals surface area contributed by atoms with Gasteiger partial charge >= 0.3 is 5.97 Å². The van der Waals surface area contributed by atoms with E-state index in [4.69, 9.17) is 9.57 Å². The molecule has 5 aliphatic rings. The van der Waals surface area contributed by atoms with Crippen molar-refractivity contribution >= 4 is 23.4 Å². The van der Waals surface area contributed by atoms with Gasteiger partial charge < -0.3 is 24.7 Å². The van der Waals surface area contributed by atoms with E-state index in [-0.39, 0.29) is 36.2 Å². The van der Waals surface area contributed by atoms with E-state index in [1.54, 1.807) is 6.92 Å². The second-order valence-electron chi connectivity index (χ2n) is 12.7. The Labute approximate surface area is 224 Å². The van der Waals surface area contributed by atoms with Gasteiger partial charge in [-0.3, -0.25) is 9.59 Å². The van der Waals surface area contributed by atoms with Gasteiger partial charge in [0.25, 0.3) is 5.91 Å². The highest BCUT2D eigenvalue weighted by atomic mass is 16.6. The van der Waals surface area contributed by atoms with Gasteiger partial charge in [-0.2, -0.15) is 0 Å². The number of ketones is 1. The molecule has 0 bridgehead atoms. The summed E-state index contributed by atoms with van der Waals surface area (Å²) >= 11 is 0. The van der Waals surface area contributed by atoms with Crippen LogP contribution >= 0.6 is 0 Å². The van der Waals surface area contributed by atoms with Crippen LogP contribution in [-0.2, 0) is 24.0 Å². The highest BCUT2D eigenvalue weighted by molar-refractivity contribution is 5.96. The molecule has 1 amide bonds. The Morgan fingerprint density at radius 2 is 1.84 bits per heavy atom. The summed E-state index contributed by atoms with van der Waals surface area (Å²) in [7, 11) is 1.27. The molecule has 9 nitrogen and oxygen atoms in total. The minimum atomic E-state index is -1.19. The standard InChI is InChI=1S/C29H42N2O7/c1-17(32)29(36)12-9-23-21-6-5-18-13-19(7-10-27(18,2)22(21)8-11-28(23,29)3)30-38-16-25(34)31-15-20(33)14-24(31)26(35)37-4/h13,20-24,33,36H,5-12,14-16H2,1-4H3/b30-19+/t20-,21+,22+,23+,24-,27+,28+,29+/m1/s1. The number of likely N-dealkylation sites (tertiary alicyclic amines) is 1. The summed E-state index contributed by atoms with van der Waals surface area (Å²) in [6.07, 6.45) is 8.67. The first-order chi connectivity index (χ1) is 17.9. The number of allylic oxidation sites excluding steroid dienone is 2. The first kappa shape index (κ1) is 27.3. The van der Waals surface area contributed by atoms with E-state index in [0.29, 0.717) is 24.2 Å². The Hall–Kier alpha value is -2.26. The average Bonchev–Trinajstić information content (AvgIpc) is 3.41. The molecular formula is C29H42N2O7. The van der Waals surface area contributed by atoms with Crippen LogP contribution in [-0.4, -0.2) is 76.5 Å². The minimum absolute atomic E-state index is 0.0649. The molecule has 2 N–H and O–H groups in total. The number of carbonyl (C=O) groups is 3. The molecule has 3 saturated carbocycles. The van der Waals surface area contributed by atoms with Gasteiger partial charge in [-0.05, 0) is 87.5 Å². The number of hydrogen-bond acceptors (Lipinski definition) is 8. The van der Waals surface area contributed by atoms with Crippen LogP contribution in [0.3, 0.4) is 0 Å². The molecule has 9 heteroatoms. The molecule has 0 aromatic heterocycles. The molecule has 38 heavy (non-hydrogen) atoms. The number of methoxy groups -OCH3 is 1. The van der Waals surface area contributed by atoms with Gasteiger partial charge in [-0.25, -0.2) is 4.79 Å². The number of amides is 1. The van der Waals surface area contributed by atoms with Gasteiger partial charge in [0.15, 0.2) is 12.4 Å². The third-order valence-electron chi connectivity index (χ3n) is 11.2. The lowest BCUT2D eigenvalue weighted by atomic mass is 9.46. The number of fused-ring (bicyclic) bond motifs is 5. The van der Waals surface area contributed by atoms with Crippen molar-refractivity contribution < 1.29 is 34.2 Å². The van der Waals surface area contributed by atoms with Crippen LogP contribution in [0.4, 0.5) is 0 Å². The largest absolute Gasteiger partial charge is 0.467 e. The predicted octanol–water partition coefficient (Wildman–Crippen LogP) is 2.78. The Morgan fingerprint density at radius 3 is 2.55 bits per heavy atom. The Bertz CT molecular complexity index is 1070. The number of oxime groups is 1. The molecular weight excluding hydrogens is 488 g/mol. The zero-order valence-electron chi connectivity index (χ0n) is 23.1. The van der Waals surface area contributed by atoms with Crippen molar-refractivity contribution in [2.24, 2.45) is 33.7 Å². The normalized spacial score (nSPS) is 43.1. The second-order valence-corrected chi connectivity index (χ2v) is 12.7. The van der Waals surface area contributed by atoms with Gasteiger partial charge in [0, 0.05) is 18.4 Å². The van der Waals surface area contributed by atoms with Crippen LogP contribution in [0.1, 0.15) is 78.6 Å². The third-order valence-corrected chi connectivity index (χ3v) is 11.2. The average molecular weight is 531 g/mol. The quantitative estimate of drug-likeness (QED) is 0.414. The number of aliphatic hydroxyl groups excluding tert-OH is 1. The highest BCUT2D eigenvalue weighted by Crippen LogP contribution is 2.67. The maximum Gasteiger partial charge on any atom is 0.328 e. The third kappa shape index (κ3) is 4.12. The van der Waals surface area contributed by atoms with E-state index in [2.05, 4.69) is 25.1 Å². The number of hydrogen-bond donors (Lipinski definition) is 2. The topological polar surface area (TPSA) is 126 Å². The van der Waals surface area contributed by atoms with Crippen molar-refractivity contribution in [2.75, 3.05) is 20.3 Å². The maximum atomic E-state index is 12.7. The van der Waals surface area contributed by atoms with Crippen molar-refractivity contribution in [3.05, 3.63) is 11.6 Å². The van der Waals surface area contributed by atoms with Crippen molar-refractivity contribution in [2.45, 2.75) is 96.3 Å². The summed E-state index contributed by atoms with van der Waals surface area (Å²) in [5.74, 6) is 0.381. The number of esters is 1. The summed E-state index contributed by atoms with van der Waals surface area (Å²) in [6, 6.07) is -0.796. The van der Waals surface area contributed by atoms with Crippen LogP contribution in [0.15, 0.2) is 16.8 Å². The molecule has 0 radical (unpaired) electrons. The SMILES string of the molecule is COC(=O)[C@H]1C[C@@H](O)CN1C(=O)CO/N=C1/C=C2CC[C@H]3[C@H](CC[C@@]4(C)[C@H]3CC[C@]4(O)C(C)=O)[C@@]2(C)CC1. The summed E-state index contributed by atoms with van der Waals surface area (Å²) < 4.78 is 4.76. The lowest BCUT2D eigenvalue weighted by molar-refractivity contribution is -0.159. The van der Waals surface area contributed by atoms with E-state index in [9.17, 15) is 24.6 Å². The van der Waals surface area contributed by atoms with Crippen molar-refractivity contribution in [1.29, 1.82) is 0 Å². The monoisotopic (exact) mass is 530 g/mol. The van der Waals surface area contributed by atoms with Gasteiger partial charge in [0.1, 0.15) is 11.6 Å². The molecule has 4 fully saturated rings. The zero-order chi connectivity index (χ0) is 27.5. The van der Waals surface area contributed by atoms with Crippen molar-refractivity contribution in [3.63, 3.8) is 0 Å². The molecule has 0 unspecified atom stereocenters. The molecule has 0 spiro atoms. The number of rotatable bonds is 5. The maximum absolute atomic E-state index is 12.7. The summed E-state index contributed by atoms with van der Waals surface area (Å²) in [4.78, 5) is 43.8. The van der Waals surface area contributed by atoms with Gasteiger partial charge in [0.05, 0.1) is 18.9 Å². The van der Waals surface area contributed by atoms with Crippen molar-refractivity contribution in [3.8, 4) is 0 Å². The fourth-order valence-corrected chi connectivity index (χ4v) is 8.94. The first-order valence-corrected chi connectivity index (χ1v) is 14.1. The number of Topliss-reactive ketones (excluding diaryl/α,β-unsaturated/α-hetero) is 1. The summed E-state index contributed by atoms with van der Waals surface area (Å²) in [5.41, 5.74) is 0.746. The summed E-state index contributed by atoms with van der Waals surface area (Å²) in [5, 5.41) is 25.5. The first-order valence-electron chi connectivity index (χ1n) is 14.1. The Kier molecular flexibility index (Phi) is 7.00. The van der Waals surface area contributed by atoms with Gasteiger partial charge in [-0.15, -0.1) is 0 Å². The fourth-order valence-electron chi connectivity index (χ4n) is 8.94. The lowest BCUT2D eigenvalue weighted by Crippen LogP contribution is -2.57. The highest BCUT2D eigenvalue weighted by Gasteiger charge is 2.65. The minimum Gasteiger partial charge on any atom is -0.467 e. The molecule has 0 aromatic carbocycles. The fraction of sp³-hybridized carbons (Fsp3) is 0.793. The number of aliphatic hydroxyl groups is 2. The molecule has 8 atom stereocenters. The van der Waals surface area contributed by atoms with Gasteiger partial charge in [-0.1, -0.05) is 24.6 Å². The Morgan fingerprint density at radius 1 is 1.11 bits per heavy atom. The van der Waals surface area contributed by atoms with E-state index in [1.165, 1.54) is 17.6 Å². The molecule has 4 aliphatic carbocycles. The van der Waals surface area contributed by atoms with E-state index in [1.807, 2.05) is 0 Å². The number of ether oxygens (including phenoxy) is 1. The van der Waals surface area contributed by atoms with Crippen LogP contribution in [0.25, 0.3) is 0 Å². The second kappa shape index (κ2) is 9.73. The molecule has 210 valence electrons. The number of carbonyl (C=O) groups excluding carboxylic acids is 3. The van der Waals surface area contributed by atoms with Crippen LogP contribution in [0.2, 0.25) is 0 Å². The van der Waals surface area contributed by atoms with Crippen LogP contribution < -0.4 is 0 Å². The molecule has 1 saturated heterocycles. The molecule has 5 rings (SSSR count). The zero-order valence-corrected chi connectivity index (χ0v) is 23.1. The molecule has 0 aromatic rings. The Balaban J connectivity index is 1.25. The smallest absolute Gasteiger partial charge is 0.328 e. The molecule has 1 aliphatic heterocycles.